The van der Waals surface area contributed by atoms with Gasteiger partial charge in [-0.25, -0.2) is 4.98 Å². The van der Waals surface area contributed by atoms with Crippen LogP contribution in [0.3, 0.4) is 0 Å². The molecular weight excluding hydrogens is 1130 g/mol. The van der Waals surface area contributed by atoms with Crippen LogP contribution in [0, 0.1) is 32.3 Å². The molecule has 0 amide bonds. The van der Waals surface area contributed by atoms with Gasteiger partial charge < -0.3 is 18.8 Å². The number of nitrogens with zero attached hydrogens (tertiary/aromatic N) is 6. The molecular formula is C68H55BN6PtSi-2. The Morgan fingerprint density at radius 1 is 0.584 bits per heavy atom. The zero-order chi connectivity index (χ0) is 51.6. The van der Waals surface area contributed by atoms with E-state index in [2.05, 4.69) is 290 Å². The second kappa shape index (κ2) is 18.3. The summed E-state index contributed by atoms with van der Waals surface area (Å²) < 4.78 is 6.98. The van der Waals surface area contributed by atoms with Crippen molar-refractivity contribution in [2.24, 2.45) is 0 Å². The third-order valence-corrected chi connectivity index (χ3v) is 19.7. The second-order valence-corrected chi connectivity index (χ2v) is 26.5. The Kier molecular flexibility index (Phi) is 11.6. The molecule has 12 aromatic rings. The van der Waals surface area contributed by atoms with Crippen molar-refractivity contribution in [3.05, 3.63) is 242 Å². The van der Waals surface area contributed by atoms with Crippen molar-refractivity contribution in [3.63, 3.8) is 0 Å². The van der Waals surface area contributed by atoms with E-state index in [9.17, 15) is 0 Å². The number of rotatable bonds is 7. The van der Waals surface area contributed by atoms with E-state index in [1.807, 2.05) is 6.20 Å². The first-order chi connectivity index (χ1) is 37.0. The predicted octanol–water partition coefficient (Wildman–Crippen LogP) is 13.9. The average molecular weight is 1190 g/mol. The summed E-state index contributed by atoms with van der Waals surface area (Å²) >= 11 is 0. The number of fused-ring (bicyclic) bond motifs is 6. The topological polar surface area (TPSA) is 33.1 Å². The molecule has 9 heteroatoms. The largest absolute Gasteiger partial charge is 0.415 e. The summed E-state index contributed by atoms with van der Waals surface area (Å²) in [6.45, 7) is 16.0. The van der Waals surface area contributed by atoms with Crippen LogP contribution in [-0.2, 0) is 26.5 Å². The zero-order valence-corrected chi connectivity index (χ0v) is 47.5. The molecule has 0 aliphatic carbocycles. The Morgan fingerprint density at radius 2 is 1.22 bits per heavy atom. The minimum Gasteiger partial charge on any atom is -0.415 e. The number of imidazole rings is 1. The first-order valence-corrected chi connectivity index (χ1v) is 29.4. The van der Waals surface area contributed by atoms with Gasteiger partial charge in [0.25, 0.3) is 6.33 Å². The summed E-state index contributed by atoms with van der Waals surface area (Å²) in [5.41, 5.74) is 20.1. The molecule has 0 bridgehead atoms. The van der Waals surface area contributed by atoms with Gasteiger partial charge in [0.05, 0.1) is 16.7 Å². The van der Waals surface area contributed by atoms with Crippen molar-refractivity contribution >= 4 is 86.5 Å². The van der Waals surface area contributed by atoms with Crippen molar-refractivity contribution in [1.82, 2.24) is 14.1 Å². The summed E-state index contributed by atoms with van der Waals surface area (Å²) in [4.78, 5) is 10.1. The number of pyridine rings is 1. The van der Waals surface area contributed by atoms with Crippen LogP contribution in [0.15, 0.2) is 206 Å². The van der Waals surface area contributed by atoms with Crippen LogP contribution in [0.1, 0.15) is 37.5 Å². The van der Waals surface area contributed by atoms with Crippen molar-refractivity contribution in [3.8, 4) is 39.4 Å². The summed E-state index contributed by atoms with van der Waals surface area (Å²) in [6, 6.07) is 81.4. The van der Waals surface area contributed by atoms with E-state index in [-0.39, 0.29) is 33.5 Å². The standard InChI is InChI=1S/C68H55BN6Si.Pt/c1-45-22-19-23-46(2)65(45)69-74(50-28-15-10-16-29-50)59-42-55-54-30-17-18-33-56(54)73(64-40-49(38-39-70-64)68(3,4)5)58(55)43-60(59)75(69)51-36-37-62-61(41-51)72-44-71(57-34-21-35-63(67(57)72)76(62,6)7)66-52(47-24-11-8-12-25-47)31-20-32-53(66)48-26-13-9-14-27-48;/h8-40,42H,1-7H3;/q-2;. The maximum Gasteiger partial charge on any atom is 0.406 e. The summed E-state index contributed by atoms with van der Waals surface area (Å²) in [7, 11) is -2.35. The van der Waals surface area contributed by atoms with Crippen molar-refractivity contribution in [2.75, 3.05) is 9.62 Å². The molecule has 0 saturated heterocycles. The predicted molar refractivity (Wildman–Crippen MR) is 318 cm³/mol. The molecule has 5 heterocycles. The van der Waals surface area contributed by atoms with E-state index in [1.165, 1.54) is 38.0 Å². The van der Waals surface area contributed by atoms with Gasteiger partial charge in [0.15, 0.2) is 0 Å². The van der Waals surface area contributed by atoms with E-state index in [0.717, 1.165) is 89.5 Å². The average Bonchev–Trinajstić information content (AvgIpc) is 4.21. The molecule has 9 aromatic carbocycles. The molecule has 0 unspecified atom stereocenters. The Hall–Kier alpha value is -8.03. The Morgan fingerprint density at radius 3 is 1.91 bits per heavy atom. The fraction of sp³-hybridized carbons (Fsp3) is 0.118. The first kappa shape index (κ1) is 48.6. The molecule has 0 N–H and O–H groups in total. The number of aryl methyl sites for hydroxylation is 2. The van der Waals surface area contributed by atoms with E-state index in [4.69, 9.17) is 4.98 Å². The van der Waals surface area contributed by atoms with Crippen LogP contribution in [0.5, 0.6) is 0 Å². The number of anilines is 4. The quantitative estimate of drug-likeness (QED) is 0.0906. The van der Waals surface area contributed by atoms with Crippen LogP contribution in [0.4, 0.5) is 22.7 Å². The molecule has 77 heavy (non-hydrogen) atoms. The van der Waals surface area contributed by atoms with Gasteiger partial charge in [-0.15, -0.1) is 23.4 Å². The first-order valence-electron chi connectivity index (χ1n) is 26.4. The molecule has 0 atom stereocenters. The van der Waals surface area contributed by atoms with Crippen molar-refractivity contribution < 1.29 is 25.6 Å². The molecule has 6 nitrogen and oxygen atoms in total. The van der Waals surface area contributed by atoms with Crippen LogP contribution >= 0.6 is 0 Å². The molecule has 2 aliphatic heterocycles. The monoisotopic (exact) mass is 1190 g/mol. The van der Waals surface area contributed by atoms with E-state index >= 15 is 0 Å². The molecule has 0 saturated carbocycles. The molecule has 376 valence electrons. The molecule has 3 aromatic heterocycles. The second-order valence-electron chi connectivity index (χ2n) is 22.1. The van der Waals surface area contributed by atoms with E-state index in [1.54, 1.807) is 0 Å². The summed E-state index contributed by atoms with van der Waals surface area (Å²) in [5, 5.41) is 4.99. The van der Waals surface area contributed by atoms with Crippen LogP contribution in [0.2, 0.25) is 13.1 Å². The van der Waals surface area contributed by atoms with Gasteiger partial charge in [-0.2, -0.15) is 12.1 Å². The number of hydrogen-bond donors (Lipinski definition) is 0. The Labute approximate surface area is 466 Å². The molecule has 0 radical (unpaired) electrons. The van der Waals surface area contributed by atoms with Crippen LogP contribution in [-0.4, -0.2) is 29.2 Å². The van der Waals surface area contributed by atoms with Crippen LogP contribution < -0.4 is 30.0 Å². The number of aromatic nitrogens is 4. The number of hydrogen-bond acceptors (Lipinski definition) is 3. The minimum atomic E-state index is -2.35. The molecule has 0 fully saturated rings. The van der Waals surface area contributed by atoms with E-state index < -0.39 is 8.07 Å². The normalized spacial score (nSPS) is 13.6. The van der Waals surface area contributed by atoms with Gasteiger partial charge in [-0.1, -0.05) is 230 Å². The number of benzene rings is 9. The summed E-state index contributed by atoms with van der Waals surface area (Å²) in [5.74, 6) is 0.876. The van der Waals surface area contributed by atoms with Gasteiger partial charge in [0.1, 0.15) is 5.82 Å². The third-order valence-electron chi connectivity index (χ3n) is 16.2. The SMILES string of the molecule is Cc1cccc(C)c1B1N(c2[c-]c3c(cc2)[Si](C)(C)c2cccc4c2n-3[c-][n+]4-c2c(-c3ccccc3)cccc2-c2ccccc2)c2[c-]c3c(cc2N1c1ccccc1)c1ccccc1n3-c1cc(C(C)(C)C)ccn1.[Pt]. The maximum atomic E-state index is 5.09. The minimum absolute atomic E-state index is 0. The smallest absolute Gasteiger partial charge is 0.406 e. The Bertz CT molecular complexity index is 4220. The summed E-state index contributed by atoms with van der Waals surface area (Å²) in [6.07, 6.45) is 6.01. The van der Waals surface area contributed by atoms with Crippen molar-refractivity contribution in [2.45, 2.75) is 53.1 Å². The van der Waals surface area contributed by atoms with Gasteiger partial charge >= 0.3 is 6.98 Å². The maximum absolute atomic E-state index is 5.09. The Balaban J connectivity index is 0.00000566. The third kappa shape index (κ3) is 7.55. The number of para-hydroxylation sites is 4. The fourth-order valence-electron chi connectivity index (χ4n) is 12.4. The van der Waals surface area contributed by atoms with E-state index in [0.29, 0.717) is 0 Å². The molecule has 14 rings (SSSR count). The molecule has 2 aliphatic rings. The zero-order valence-electron chi connectivity index (χ0n) is 44.2. The molecule has 0 spiro atoms. The van der Waals surface area contributed by atoms with Gasteiger partial charge in [-0.05, 0) is 93.9 Å². The van der Waals surface area contributed by atoms with Crippen LogP contribution in [0.25, 0.3) is 72.3 Å². The van der Waals surface area contributed by atoms with Crippen molar-refractivity contribution in [1.29, 1.82) is 0 Å². The van der Waals surface area contributed by atoms with Gasteiger partial charge in [0.2, 0.25) is 0 Å². The van der Waals surface area contributed by atoms with Gasteiger partial charge in [0, 0.05) is 46.5 Å². The fourth-order valence-corrected chi connectivity index (χ4v) is 15.3. The van der Waals surface area contributed by atoms with Gasteiger partial charge in [-0.3, -0.25) is 4.57 Å².